The van der Waals surface area contributed by atoms with Crippen molar-refractivity contribution >= 4 is 19.8 Å². The minimum atomic E-state index is -4.63. The zero-order chi connectivity index (χ0) is 41.9. The third-order valence-electron chi connectivity index (χ3n) is 10.1. The first-order valence-electron chi connectivity index (χ1n) is 22.8. The van der Waals surface area contributed by atoms with Gasteiger partial charge in [-0.15, -0.1) is 0 Å². The molecule has 0 saturated carbocycles. The average Bonchev–Trinajstić information content (AvgIpc) is 3.91. The summed E-state index contributed by atoms with van der Waals surface area (Å²) in [6, 6.07) is 0. The second kappa shape index (κ2) is 35.0. The summed E-state index contributed by atoms with van der Waals surface area (Å²) in [5, 5.41) is 0. The van der Waals surface area contributed by atoms with Crippen molar-refractivity contribution in [1.29, 1.82) is 0 Å². The molecule has 57 heavy (non-hydrogen) atoms. The molecule has 0 aliphatic carbocycles. The maximum absolute atomic E-state index is 12.7. The highest BCUT2D eigenvalue weighted by molar-refractivity contribution is 7.45. The van der Waals surface area contributed by atoms with Crippen molar-refractivity contribution in [3.8, 4) is 0 Å². The van der Waals surface area contributed by atoms with Crippen LogP contribution in [-0.2, 0) is 37.4 Å². The van der Waals surface area contributed by atoms with Gasteiger partial charge >= 0.3 is 11.9 Å². The number of unbranched alkanes of at least 4 members (excludes halogenated alkanes) is 17. The van der Waals surface area contributed by atoms with E-state index in [0.29, 0.717) is 29.7 Å². The quantitative estimate of drug-likeness (QED) is 0.0148. The number of carbonyl (C=O) groups excluding carboxylic acids is 2. The molecular formula is C46H84NO9P. The summed E-state index contributed by atoms with van der Waals surface area (Å²) in [5.74, 6) is -0.864. The number of epoxide rings is 1. The smallest absolute Gasteiger partial charge is 0.306 e. The van der Waals surface area contributed by atoms with Crippen LogP contribution in [0.4, 0.5) is 0 Å². The number of quaternary nitrogens is 1. The van der Waals surface area contributed by atoms with Crippen LogP contribution in [0.2, 0.25) is 0 Å². The fourth-order valence-corrected chi connectivity index (χ4v) is 7.07. The van der Waals surface area contributed by atoms with E-state index in [9.17, 15) is 19.0 Å². The third-order valence-corrected chi connectivity index (χ3v) is 11.0. The van der Waals surface area contributed by atoms with Gasteiger partial charge in [-0.25, -0.2) is 0 Å². The van der Waals surface area contributed by atoms with Crippen molar-refractivity contribution in [2.75, 3.05) is 47.5 Å². The second-order valence-corrected chi connectivity index (χ2v) is 18.2. The number of ether oxygens (including phenoxy) is 3. The minimum Gasteiger partial charge on any atom is -0.756 e. The Balaban J connectivity index is 2.27. The molecule has 0 spiro atoms. The van der Waals surface area contributed by atoms with E-state index < -0.39 is 32.5 Å². The largest absolute Gasteiger partial charge is 0.756 e. The highest BCUT2D eigenvalue weighted by Crippen LogP contribution is 2.38. The maximum Gasteiger partial charge on any atom is 0.306 e. The molecule has 1 aliphatic heterocycles. The Morgan fingerprint density at radius 1 is 0.649 bits per heavy atom. The van der Waals surface area contributed by atoms with Gasteiger partial charge in [0, 0.05) is 12.8 Å². The van der Waals surface area contributed by atoms with Crippen LogP contribution in [0.1, 0.15) is 181 Å². The first-order chi connectivity index (χ1) is 27.5. The Labute approximate surface area is 348 Å². The number of likely N-dealkylation sites (N-methyl/N-ethyl adjacent to an activating group) is 1. The maximum atomic E-state index is 12.7. The molecule has 10 nitrogen and oxygen atoms in total. The van der Waals surface area contributed by atoms with Gasteiger partial charge < -0.3 is 32.6 Å². The lowest BCUT2D eigenvalue weighted by Gasteiger charge is -2.28. The Bertz CT molecular complexity index is 1140. The van der Waals surface area contributed by atoms with Crippen LogP contribution in [0, 0.1) is 0 Å². The number of allylic oxidation sites excluding steroid dienone is 5. The number of hydrogen-bond acceptors (Lipinski definition) is 9. The topological polar surface area (TPSA) is 124 Å². The number of rotatable bonds is 40. The lowest BCUT2D eigenvalue weighted by atomic mass is 10.1. The summed E-state index contributed by atoms with van der Waals surface area (Å²) in [6.07, 6.45) is 40.5. The molecule has 0 N–H and O–H groups in total. The average molecular weight is 826 g/mol. The molecule has 0 aromatic heterocycles. The number of phosphoric acid groups is 1. The van der Waals surface area contributed by atoms with Crippen LogP contribution >= 0.6 is 7.82 Å². The van der Waals surface area contributed by atoms with Gasteiger partial charge in [-0.05, 0) is 70.6 Å². The molecule has 1 saturated heterocycles. The molecule has 0 radical (unpaired) electrons. The molecule has 3 unspecified atom stereocenters. The molecule has 0 aromatic carbocycles. The number of nitrogens with zero attached hydrogens (tertiary/aromatic N) is 1. The van der Waals surface area contributed by atoms with Gasteiger partial charge in [0.1, 0.15) is 19.8 Å². The third kappa shape index (κ3) is 35.8. The van der Waals surface area contributed by atoms with E-state index in [4.69, 9.17) is 23.3 Å². The van der Waals surface area contributed by atoms with Crippen LogP contribution in [0.3, 0.4) is 0 Å². The van der Waals surface area contributed by atoms with Crippen molar-refractivity contribution in [3.05, 3.63) is 36.5 Å². The molecule has 1 rings (SSSR count). The van der Waals surface area contributed by atoms with Crippen LogP contribution in [0.25, 0.3) is 0 Å². The lowest BCUT2D eigenvalue weighted by molar-refractivity contribution is -0.870. The van der Waals surface area contributed by atoms with E-state index >= 15 is 0 Å². The van der Waals surface area contributed by atoms with Crippen molar-refractivity contribution in [2.45, 2.75) is 199 Å². The first-order valence-corrected chi connectivity index (χ1v) is 24.3. The summed E-state index contributed by atoms with van der Waals surface area (Å²) in [7, 11) is 1.14. The van der Waals surface area contributed by atoms with Crippen molar-refractivity contribution in [1.82, 2.24) is 0 Å². The number of phosphoric ester groups is 1. The fourth-order valence-electron chi connectivity index (χ4n) is 6.34. The molecular weight excluding hydrogens is 741 g/mol. The van der Waals surface area contributed by atoms with E-state index in [-0.39, 0.29) is 26.1 Å². The van der Waals surface area contributed by atoms with Crippen molar-refractivity contribution in [2.24, 2.45) is 0 Å². The summed E-state index contributed by atoms with van der Waals surface area (Å²) in [6.45, 7) is 4.14. The van der Waals surface area contributed by atoms with Gasteiger partial charge in [0.15, 0.2) is 6.10 Å². The monoisotopic (exact) mass is 826 g/mol. The fraction of sp³-hybridized carbons (Fsp3) is 0.826. The zero-order valence-electron chi connectivity index (χ0n) is 37.0. The predicted octanol–water partition coefficient (Wildman–Crippen LogP) is 11.3. The molecule has 0 bridgehead atoms. The summed E-state index contributed by atoms with van der Waals surface area (Å²) >= 11 is 0. The molecule has 1 aliphatic rings. The van der Waals surface area contributed by atoms with Crippen LogP contribution < -0.4 is 4.89 Å². The number of carbonyl (C=O) groups is 2. The van der Waals surface area contributed by atoms with Gasteiger partial charge in [-0.2, -0.15) is 0 Å². The van der Waals surface area contributed by atoms with E-state index in [1.807, 2.05) is 21.1 Å². The number of esters is 2. The van der Waals surface area contributed by atoms with E-state index in [0.717, 1.165) is 77.0 Å². The molecule has 0 amide bonds. The Morgan fingerprint density at radius 3 is 1.77 bits per heavy atom. The molecule has 4 atom stereocenters. The highest BCUT2D eigenvalue weighted by atomic mass is 31.2. The van der Waals surface area contributed by atoms with Gasteiger partial charge in [-0.3, -0.25) is 14.2 Å². The standard InChI is InChI=1S/C46H84NO9P/c1-6-8-10-11-12-13-14-15-16-17-18-19-20-21-25-28-32-36-45(48)52-40-42(41-54-57(50,51)53-39-38-47(3,4)5)55-46(49)37-33-29-26-23-22-24-27-31-35-44-43(56-44)34-30-9-7-2/h12-13,15-16,27,31,42-44H,6-11,14,17-26,28-30,32-41H2,1-5H3/b13-12-,16-15-,31-27-/t42-,43?,44?/m1/s1. The second-order valence-electron chi connectivity index (χ2n) is 16.8. The molecule has 1 fully saturated rings. The molecule has 332 valence electrons. The molecule has 1 heterocycles. The van der Waals surface area contributed by atoms with Gasteiger partial charge in [-0.1, -0.05) is 134 Å². The van der Waals surface area contributed by atoms with E-state index in [2.05, 4.69) is 50.3 Å². The summed E-state index contributed by atoms with van der Waals surface area (Å²) in [5.41, 5.74) is 0. The number of hydrogen-bond donors (Lipinski definition) is 0. The van der Waals surface area contributed by atoms with Crippen LogP contribution in [0.15, 0.2) is 36.5 Å². The van der Waals surface area contributed by atoms with Crippen LogP contribution in [0.5, 0.6) is 0 Å². The first kappa shape index (κ1) is 53.2. The lowest BCUT2D eigenvalue weighted by Crippen LogP contribution is -2.37. The van der Waals surface area contributed by atoms with Crippen LogP contribution in [-0.4, -0.2) is 82.2 Å². The Kier molecular flexibility index (Phi) is 32.7. The molecule has 11 heteroatoms. The predicted molar refractivity (Wildman–Crippen MR) is 231 cm³/mol. The highest BCUT2D eigenvalue weighted by Gasteiger charge is 2.36. The normalized spacial score (nSPS) is 17.4. The van der Waals surface area contributed by atoms with Gasteiger partial charge in [0.25, 0.3) is 7.82 Å². The summed E-state index contributed by atoms with van der Waals surface area (Å²) in [4.78, 5) is 37.6. The molecule has 0 aromatic rings. The summed E-state index contributed by atoms with van der Waals surface area (Å²) < 4.78 is 39.7. The van der Waals surface area contributed by atoms with E-state index in [1.165, 1.54) is 70.6 Å². The Morgan fingerprint density at radius 2 is 1.18 bits per heavy atom. The minimum absolute atomic E-state index is 0.0379. The van der Waals surface area contributed by atoms with Gasteiger partial charge in [0.05, 0.1) is 40.0 Å². The van der Waals surface area contributed by atoms with Gasteiger partial charge in [0.2, 0.25) is 0 Å². The zero-order valence-corrected chi connectivity index (χ0v) is 37.9. The van der Waals surface area contributed by atoms with E-state index in [1.54, 1.807) is 0 Å². The SMILES string of the molecule is CCCCC/C=C\C/C=C\CCCCCCCCCC(=O)OC[C@H](COP(=O)([O-])OCC[N+](C)(C)C)OC(=O)CCCCCCC/C=C\CC1OC1CCCCC. The van der Waals surface area contributed by atoms with Crippen molar-refractivity contribution < 1.29 is 46.8 Å². The van der Waals surface area contributed by atoms with Crippen molar-refractivity contribution in [3.63, 3.8) is 0 Å². The Hall–Kier alpha value is -1.81.